The molecule has 1 heterocycles. The number of aromatic nitrogens is 1. The second-order valence-electron chi connectivity index (χ2n) is 3.53. The molecule has 0 aliphatic carbocycles. The van der Waals surface area contributed by atoms with Crippen molar-refractivity contribution in [2.45, 2.75) is 19.9 Å². The van der Waals surface area contributed by atoms with Crippen molar-refractivity contribution in [3.05, 3.63) is 34.2 Å². The molecular weight excluding hydrogens is 222 g/mol. The maximum Gasteiger partial charge on any atom is 0.252 e. The molecule has 1 unspecified atom stereocenters. The minimum atomic E-state index is -0.637. The summed E-state index contributed by atoms with van der Waals surface area (Å²) >= 11 is 0. The fourth-order valence-electron chi connectivity index (χ4n) is 1.26. The van der Waals surface area contributed by atoms with E-state index in [-0.39, 0.29) is 17.0 Å². The summed E-state index contributed by atoms with van der Waals surface area (Å²) in [5.41, 5.74) is -0.131. The Morgan fingerprint density at radius 1 is 1.47 bits per heavy atom. The van der Waals surface area contributed by atoms with Crippen LogP contribution in [-0.4, -0.2) is 29.4 Å². The molecule has 1 aromatic rings. The molecule has 0 aliphatic heterocycles. The van der Waals surface area contributed by atoms with E-state index in [1.165, 1.54) is 18.3 Å². The number of carbonyl (C=O) groups is 2. The molecule has 1 rings (SSSR count). The van der Waals surface area contributed by atoms with E-state index in [1.54, 1.807) is 13.8 Å². The summed E-state index contributed by atoms with van der Waals surface area (Å²) < 4.78 is 0. The van der Waals surface area contributed by atoms with Gasteiger partial charge in [0.2, 0.25) is 11.5 Å². The maximum absolute atomic E-state index is 11.7. The molecule has 1 atom stereocenters. The number of likely N-dealkylation sites (N-methyl/N-ethyl adjacent to an activating group) is 1. The van der Waals surface area contributed by atoms with Gasteiger partial charge >= 0.3 is 0 Å². The van der Waals surface area contributed by atoms with E-state index in [1.807, 2.05) is 0 Å². The van der Waals surface area contributed by atoms with Gasteiger partial charge in [-0.3, -0.25) is 14.4 Å². The van der Waals surface area contributed by atoms with Gasteiger partial charge in [0.1, 0.15) is 6.04 Å². The van der Waals surface area contributed by atoms with E-state index in [0.717, 1.165) is 0 Å². The Kier molecular flexibility index (Phi) is 4.45. The lowest BCUT2D eigenvalue weighted by Gasteiger charge is -2.12. The SMILES string of the molecule is CCNC(=O)C(C)NC(=O)c1cc[nH]c(=O)c1. The second-order valence-corrected chi connectivity index (χ2v) is 3.53. The van der Waals surface area contributed by atoms with Gasteiger partial charge in [0.15, 0.2) is 0 Å². The molecule has 3 N–H and O–H groups in total. The van der Waals surface area contributed by atoms with Crippen LogP contribution in [0.5, 0.6) is 0 Å². The van der Waals surface area contributed by atoms with Crippen LogP contribution in [0.1, 0.15) is 24.2 Å². The Balaban J connectivity index is 2.66. The zero-order valence-corrected chi connectivity index (χ0v) is 9.74. The Morgan fingerprint density at radius 2 is 2.18 bits per heavy atom. The first-order valence-electron chi connectivity index (χ1n) is 5.32. The molecule has 0 saturated carbocycles. The summed E-state index contributed by atoms with van der Waals surface area (Å²) in [6.45, 7) is 3.88. The van der Waals surface area contributed by atoms with Gasteiger partial charge in [-0.1, -0.05) is 0 Å². The summed E-state index contributed by atoms with van der Waals surface area (Å²) in [7, 11) is 0. The van der Waals surface area contributed by atoms with Crippen molar-refractivity contribution in [2.24, 2.45) is 0 Å². The highest BCUT2D eigenvalue weighted by molar-refractivity contribution is 5.97. The first kappa shape index (κ1) is 13.0. The van der Waals surface area contributed by atoms with Crippen LogP contribution in [0, 0.1) is 0 Å². The van der Waals surface area contributed by atoms with Gasteiger partial charge in [0.25, 0.3) is 5.91 Å². The van der Waals surface area contributed by atoms with Gasteiger partial charge in [-0.15, -0.1) is 0 Å². The largest absolute Gasteiger partial charge is 0.355 e. The Labute approximate surface area is 98.4 Å². The van der Waals surface area contributed by atoms with Gasteiger partial charge < -0.3 is 15.6 Å². The van der Waals surface area contributed by atoms with Crippen molar-refractivity contribution >= 4 is 11.8 Å². The van der Waals surface area contributed by atoms with Crippen LogP contribution in [0.2, 0.25) is 0 Å². The van der Waals surface area contributed by atoms with Gasteiger partial charge in [-0.05, 0) is 19.9 Å². The van der Waals surface area contributed by atoms with Gasteiger partial charge in [-0.2, -0.15) is 0 Å². The zero-order valence-electron chi connectivity index (χ0n) is 9.74. The summed E-state index contributed by atoms with van der Waals surface area (Å²) in [6.07, 6.45) is 1.38. The van der Waals surface area contributed by atoms with Gasteiger partial charge in [-0.25, -0.2) is 0 Å². The number of hydrogen-bond acceptors (Lipinski definition) is 3. The van der Waals surface area contributed by atoms with E-state index in [9.17, 15) is 14.4 Å². The highest BCUT2D eigenvalue weighted by Crippen LogP contribution is 1.94. The third-order valence-corrected chi connectivity index (χ3v) is 2.13. The lowest BCUT2D eigenvalue weighted by atomic mass is 10.2. The molecule has 17 heavy (non-hydrogen) atoms. The minimum absolute atomic E-state index is 0.227. The summed E-state index contributed by atoms with van der Waals surface area (Å²) in [6, 6.07) is 2.02. The second kappa shape index (κ2) is 5.83. The van der Waals surface area contributed by atoms with E-state index in [4.69, 9.17) is 0 Å². The molecule has 0 bridgehead atoms. The Bertz CT molecular complexity index is 467. The molecule has 6 nitrogen and oxygen atoms in total. The fraction of sp³-hybridized carbons (Fsp3) is 0.364. The highest BCUT2D eigenvalue weighted by atomic mass is 16.2. The first-order chi connectivity index (χ1) is 8.04. The van der Waals surface area contributed by atoms with Crippen LogP contribution in [0.3, 0.4) is 0 Å². The van der Waals surface area contributed by atoms with Gasteiger partial charge in [0.05, 0.1) is 0 Å². The summed E-state index contributed by atoms with van der Waals surface area (Å²) in [5, 5.41) is 5.10. The summed E-state index contributed by atoms with van der Waals surface area (Å²) in [5.74, 6) is -0.708. The molecular formula is C11H15N3O3. The van der Waals surface area contributed by atoms with Crippen LogP contribution in [0.4, 0.5) is 0 Å². The third kappa shape index (κ3) is 3.75. The molecule has 0 radical (unpaired) electrons. The molecule has 0 aromatic carbocycles. The number of aromatic amines is 1. The summed E-state index contributed by atoms with van der Waals surface area (Å²) in [4.78, 5) is 36.5. The van der Waals surface area contributed by atoms with Crippen LogP contribution in [0.15, 0.2) is 23.1 Å². The standard InChI is InChI=1S/C11H15N3O3/c1-3-12-10(16)7(2)14-11(17)8-4-5-13-9(15)6-8/h4-7H,3H2,1-2H3,(H,12,16)(H,13,15)(H,14,17). The average Bonchev–Trinajstić information content (AvgIpc) is 2.29. The smallest absolute Gasteiger partial charge is 0.252 e. The third-order valence-electron chi connectivity index (χ3n) is 2.13. The predicted octanol–water partition coefficient (Wildman–Crippen LogP) is -0.371. The average molecular weight is 237 g/mol. The topological polar surface area (TPSA) is 91.1 Å². The molecule has 0 fully saturated rings. The van der Waals surface area contributed by atoms with Crippen molar-refractivity contribution in [1.29, 1.82) is 0 Å². The normalized spacial score (nSPS) is 11.6. The lowest BCUT2D eigenvalue weighted by molar-refractivity contribution is -0.122. The van der Waals surface area contributed by atoms with Crippen LogP contribution in [0.25, 0.3) is 0 Å². The number of rotatable bonds is 4. The van der Waals surface area contributed by atoms with Gasteiger partial charge in [0, 0.05) is 24.4 Å². The quantitative estimate of drug-likeness (QED) is 0.667. The van der Waals surface area contributed by atoms with Crippen molar-refractivity contribution in [1.82, 2.24) is 15.6 Å². The number of pyridine rings is 1. The molecule has 2 amide bonds. The fourth-order valence-corrected chi connectivity index (χ4v) is 1.26. The van der Waals surface area contributed by atoms with Crippen molar-refractivity contribution in [2.75, 3.05) is 6.54 Å². The number of nitrogens with one attached hydrogen (secondary N) is 3. The van der Waals surface area contributed by atoms with E-state index in [0.29, 0.717) is 6.54 Å². The first-order valence-corrected chi connectivity index (χ1v) is 5.32. The molecule has 0 aliphatic rings. The maximum atomic E-state index is 11.7. The van der Waals surface area contributed by atoms with E-state index >= 15 is 0 Å². The van der Waals surface area contributed by atoms with Crippen LogP contribution < -0.4 is 16.2 Å². The number of carbonyl (C=O) groups excluding carboxylic acids is 2. The van der Waals surface area contributed by atoms with Crippen LogP contribution >= 0.6 is 0 Å². The monoisotopic (exact) mass is 237 g/mol. The molecule has 0 saturated heterocycles. The number of hydrogen-bond donors (Lipinski definition) is 3. The van der Waals surface area contributed by atoms with Crippen LogP contribution in [-0.2, 0) is 4.79 Å². The zero-order chi connectivity index (χ0) is 12.8. The molecule has 0 spiro atoms. The highest BCUT2D eigenvalue weighted by Gasteiger charge is 2.15. The molecule has 92 valence electrons. The molecule has 6 heteroatoms. The van der Waals surface area contributed by atoms with Crippen molar-refractivity contribution in [3.8, 4) is 0 Å². The number of H-pyrrole nitrogens is 1. The lowest BCUT2D eigenvalue weighted by Crippen LogP contribution is -2.44. The Morgan fingerprint density at radius 3 is 2.76 bits per heavy atom. The predicted molar refractivity (Wildman–Crippen MR) is 62.7 cm³/mol. The Hall–Kier alpha value is -2.11. The minimum Gasteiger partial charge on any atom is -0.355 e. The van der Waals surface area contributed by atoms with Crippen molar-refractivity contribution < 1.29 is 9.59 Å². The number of amides is 2. The van der Waals surface area contributed by atoms with Crippen molar-refractivity contribution in [3.63, 3.8) is 0 Å². The van der Waals surface area contributed by atoms with E-state index in [2.05, 4.69) is 15.6 Å². The van der Waals surface area contributed by atoms with E-state index < -0.39 is 11.9 Å². The molecule has 1 aromatic heterocycles.